The zero-order chi connectivity index (χ0) is 19.3. The van der Waals surface area contributed by atoms with Gasteiger partial charge in [-0.3, -0.25) is 14.0 Å². The average molecular weight is 378 g/mol. The van der Waals surface area contributed by atoms with Crippen LogP contribution in [0.15, 0.2) is 30.5 Å². The molecule has 1 amide bonds. The Morgan fingerprint density at radius 2 is 2.00 bits per heavy atom. The summed E-state index contributed by atoms with van der Waals surface area (Å²) in [6.07, 6.45) is 5.02. The molecule has 0 bridgehead atoms. The monoisotopic (exact) mass is 378 g/mol. The summed E-state index contributed by atoms with van der Waals surface area (Å²) >= 11 is 0. The van der Waals surface area contributed by atoms with Gasteiger partial charge in [0.05, 0.1) is 18.1 Å². The van der Waals surface area contributed by atoms with Gasteiger partial charge in [-0.1, -0.05) is 18.2 Å². The third-order valence-electron chi connectivity index (χ3n) is 6.19. The van der Waals surface area contributed by atoms with E-state index in [4.69, 9.17) is 9.84 Å². The third-order valence-corrected chi connectivity index (χ3v) is 6.19. The van der Waals surface area contributed by atoms with Crippen molar-refractivity contribution in [3.8, 4) is 5.82 Å². The Morgan fingerprint density at radius 1 is 1.21 bits per heavy atom. The predicted molar refractivity (Wildman–Crippen MR) is 108 cm³/mol. The van der Waals surface area contributed by atoms with Gasteiger partial charge in [0.25, 0.3) is 0 Å². The van der Waals surface area contributed by atoms with Crippen molar-refractivity contribution in [3.63, 3.8) is 0 Å². The first-order chi connectivity index (χ1) is 13.6. The molecule has 3 aromatic rings. The smallest absolute Gasteiger partial charge is 0.219 e. The molecule has 2 aliphatic rings. The predicted octanol–water partition coefficient (Wildman–Crippen LogP) is 3.39. The van der Waals surface area contributed by atoms with E-state index < -0.39 is 0 Å². The standard InChI is InChI=1S/C22H26N4O2/c1-15-13-25(20-6-4-3-5-18(15)20)22-19-14-24(16(2)27)10-7-21(19)26(23-22)17-8-11-28-12-9-17/h3-6,13,17H,7-12,14H2,1-2H3. The van der Waals surface area contributed by atoms with Crippen LogP contribution in [0.3, 0.4) is 0 Å². The molecule has 1 saturated heterocycles. The fraction of sp³-hybridized carbons (Fsp3) is 0.455. The van der Waals surface area contributed by atoms with E-state index in [9.17, 15) is 4.79 Å². The van der Waals surface area contributed by atoms with Crippen molar-refractivity contribution in [1.82, 2.24) is 19.2 Å². The molecule has 146 valence electrons. The Kier molecular flexibility index (Phi) is 4.23. The van der Waals surface area contributed by atoms with E-state index in [1.54, 1.807) is 6.92 Å². The number of aromatic nitrogens is 3. The zero-order valence-electron chi connectivity index (χ0n) is 16.5. The van der Waals surface area contributed by atoms with Crippen LogP contribution in [0.5, 0.6) is 0 Å². The van der Waals surface area contributed by atoms with Crippen molar-refractivity contribution in [1.29, 1.82) is 0 Å². The van der Waals surface area contributed by atoms with Crippen molar-refractivity contribution < 1.29 is 9.53 Å². The van der Waals surface area contributed by atoms with Crippen LogP contribution in [-0.2, 0) is 22.5 Å². The Balaban J connectivity index is 1.68. The molecular formula is C22H26N4O2. The maximum absolute atomic E-state index is 12.1. The molecule has 28 heavy (non-hydrogen) atoms. The molecule has 0 aliphatic carbocycles. The number of aryl methyl sites for hydroxylation is 1. The maximum atomic E-state index is 12.1. The third kappa shape index (κ3) is 2.75. The van der Waals surface area contributed by atoms with Gasteiger partial charge in [0.1, 0.15) is 0 Å². The van der Waals surface area contributed by atoms with Gasteiger partial charge in [0, 0.05) is 55.9 Å². The summed E-state index contributed by atoms with van der Waals surface area (Å²) < 4.78 is 10.0. The Labute approximate surface area is 164 Å². The van der Waals surface area contributed by atoms with Crippen LogP contribution in [0.4, 0.5) is 0 Å². The highest BCUT2D eigenvalue weighted by atomic mass is 16.5. The van der Waals surface area contributed by atoms with E-state index >= 15 is 0 Å². The second-order valence-electron chi connectivity index (χ2n) is 7.93. The molecule has 6 heteroatoms. The SMILES string of the molecule is CC(=O)N1CCc2c(c(-n3cc(C)c4ccccc43)nn2C2CCOCC2)C1. The molecule has 0 radical (unpaired) electrons. The molecule has 1 fully saturated rings. The molecule has 6 nitrogen and oxygen atoms in total. The number of amides is 1. The number of ether oxygens (including phenoxy) is 1. The van der Waals surface area contributed by atoms with E-state index in [0.717, 1.165) is 44.8 Å². The Morgan fingerprint density at radius 3 is 2.79 bits per heavy atom. The van der Waals surface area contributed by atoms with Crippen LogP contribution in [-0.4, -0.2) is 44.9 Å². The summed E-state index contributed by atoms with van der Waals surface area (Å²) in [4.78, 5) is 14.0. The summed E-state index contributed by atoms with van der Waals surface area (Å²) in [5, 5.41) is 6.38. The van der Waals surface area contributed by atoms with Gasteiger partial charge in [-0.25, -0.2) is 0 Å². The highest BCUT2D eigenvalue weighted by molar-refractivity contribution is 5.85. The summed E-state index contributed by atoms with van der Waals surface area (Å²) in [5.41, 5.74) is 4.88. The highest BCUT2D eigenvalue weighted by Crippen LogP contribution is 2.33. The van der Waals surface area contributed by atoms with E-state index in [1.807, 2.05) is 4.90 Å². The first kappa shape index (κ1) is 17.5. The first-order valence-corrected chi connectivity index (χ1v) is 10.1. The number of hydrogen-bond acceptors (Lipinski definition) is 3. The highest BCUT2D eigenvalue weighted by Gasteiger charge is 2.30. The molecule has 0 saturated carbocycles. The van der Waals surface area contributed by atoms with Gasteiger partial charge in [-0.05, 0) is 31.4 Å². The number of rotatable bonds is 2. The van der Waals surface area contributed by atoms with Gasteiger partial charge >= 0.3 is 0 Å². The number of nitrogens with zero attached hydrogens (tertiary/aromatic N) is 4. The fourth-order valence-corrected chi connectivity index (χ4v) is 4.65. The molecule has 0 spiro atoms. The van der Waals surface area contributed by atoms with Crippen LogP contribution in [0.1, 0.15) is 42.6 Å². The van der Waals surface area contributed by atoms with Gasteiger partial charge in [0.2, 0.25) is 5.91 Å². The minimum Gasteiger partial charge on any atom is -0.381 e. The lowest BCUT2D eigenvalue weighted by Crippen LogP contribution is -2.35. The second kappa shape index (κ2) is 6.78. The number of carbonyl (C=O) groups is 1. The number of carbonyl (C=O) groups excluding carboxylic acids is 1. The fourth-order valence-electron chi connectivity index (χ4n) is 4.65. The Bertz CT molecular complexity index is 1040. The molecule has 4 heterocycles. The van der Waals surface area contributed by atoms with Crippen molar-refractivity contribution in [2.75, 3.05) is 19.8 Å². The lowest BCUT2D eigenvalue weighted by molar-refractivity contribution is -0.129. The first-order valence-electron chi connectivity index (χ1n) is 10.1. The van der Waals surface area contributed by atoms with Gasteiger partial charge in [0.15, 0.2) is 5.82 Å². The molecule has 0 atom stereocenters. The maximum Gasteiger partial charge on any atom is 0.219 e. The van der Waals surface area contributed by atoms with E-state index in [2.05, 4.69) is 46.6 Å². The normalized spacial score (nSPS) is 17.9. The number of fused-ring (bicyclic) bond motifs is 2. The van der Waals surface area contributed by atoms with Crippen LogP contribution in [0, 0.1) is 6.92 Å². The molecule has 0 unspecified atom stereocenters. The van der Waals surface area contributed by atoms with E-state index in [0.29, 0.717) is 12.6 Å². The zero-order valence-corrected chi connectivity index (χ0v) is 16.5. The number of benzene rings is 1. The molecular weight excluding hydrogens is 352 g/mol. The van der Waals surface area contributed by atoms with E-state index in [1.165, 1.54) is 27.7 Å². The lowest BCUT2D eigenvalue weighted by Gasteiger charge is -2.29. The topological polar surface area (TPSA) is 52.3 Å². The van der Waals surface area contributed by atoms with Crippen molar-refractivity contribution in [2.24, 2.45) is 0 Å². The molecule has 1 aromatic carbocycles. The van der Waals surface area contributed by atoms with Crippen molar-refractivity contribution in [2.45, 2.75) is 45.7 Å². The quantitative estimate of drug-likeness (QED) is 0.687. The van der Waals surface area contributed by atoms with Gasteiger partial charge < -0.3 is 9.64 Å². The number of hydrogen-bond donors (Lipinski definition) is 0. The van der Waals surface area contributed by atoms with Crippen LogP contribution in [0.2, 0.25) is 0 Å². The molecule has 5 rings (SSSR count). The van der Waals surface area contributed by atoms with Crippen molar-refractivity contribution in [3.05, 3.63) is 47.3 Å². The summed E-state index contributed by atoms with van der Waals surface area (Å²) in [6, 6.07) is 8.83. The van der Waals surface area contributed by atoms with Crippen LogP contribution in [0.25, 0.3) is 16.7 Å². The Hall–Kier alpha value is -2.60. The van der Waals surface area contributed by atoms with Crippen molar-refractivity contribution >= 4 is 16.8 Å². The summed E-state index contributed by atoms with van der Waals surface area (Å²) in [6.45, 7) is 6.78. The van der Waals surface area contributed by atoms with Gasteiger partial charge in [-0.15, -0.1) is 0 Å². The second-order valence-corrected chi connectivity index (χ2v) is 7.93. The molecule has 0 N–H and O–H groups in total. The van der Waals surface area contributed by atoms with Gasteiger partial charge in [-0.2, -0.15) is 5.10 Å². The largest absolute Gasteiger partial charge is 0.381 e. The minimum absolute atomic E-state index is 0.129. The van der Waals surface area contributed by atoms with Crippen LogP contribution < -0.4 is 0 Å². The summed E-state index contributed by atoms with van der Waals surface area (Å²) in [5.74, 6) is 1.10. The lowest BCUT2D eigenvalue weighted by atomic mass is 10.0. The van der Waals surface area contributed by atoms with E-state index in [-0.39, 0.29) is 5.91 Å². The summed E-state index contributed by atoms with van der Waals surface area (Å²) in [7, 11) is 0. The average Bonchev–Trinajstić information content (AvgIpc) is 3.26. The number of para-hydroxylation sites is 1. The molecule has 2 aromatic heterocycles. The van der Waals surface area contributed by atoms with Crippen LogP contribution >= 0.6 is 0 Å². The minimum atomic E-state index is 0.129. The molecule has 2 aliphatic heterocycles.